The first-order chi connectivity index (χ1) is 9.19. The molecule has 0 unspecified atom stereocenters. The summed E-state index contributed by atoms with van der Waals surface area (Å²) >= 11 is 3.45. The fourth-order valence-electron chi connectivity index (χ4n) is 1.75. The van der Waals surface area contributed by atoms with Gasteiger partial charge in [-0.1, -0.05) is 12.1 Å². The second-order valence-electron chi connectivity index (χ2n) is 4.20. The predicted octanol–water partition coefficient (Wildman–Crippen LogP) is 4.16. The minimum Gasteiger partial charge on any atom is -0.494 e. The standard InChI is InChI=1S/C15H17BrN2O/c1-3-19-13-6-4-5-12(9-13)10-17-15-8-7-14(16)11(2)18-15/h4-9H,3,10H2,1-2H3,(H,17,18). The van der Waals surface area contributed by atoms with Crippen LogP contribution in [0, 0.1) is 6.92 Å². The Morgan fingerprint density at radius 3 is 2.84 bits per heavy atom. The van der Waals surface area contributed by atoms with E-state index in [1.54, 1.807) is 0 Å². The number of aromatic nitrogens is 1. The molecule has 100 valence electrons. The second-order valence-corrected chi connectivity index (χ2v) is 5.05. The lowest BCUT2D eigenvalue weighted by Gasteiger charge is -2.09. The van der Waals surface area contributed by atoms with Gasteiger partial charge in [-0.15, -0.1) is 0 Å². The van der Waals surface area contributed by atoms with Crippen LogP contribution in [0.4, 0.5) is 5.82 Å². The molecular weight excluding hydrogens is 304 g/mol. The van der Waals surface area contributed by atoms with Gasteiger partial charge in [0, 0.05) is 11.0 Å². The van der Waals surface area contributed by atoms with E-state index in [2.05, 4.69) is 32.3 Å². The van der Waals surface area contributed by atoms with Crippen LogP contribution in [0.5, 0.6) is 5.75 Å². The predicted molar refractivity (Wildman–Crippen MR) is 81.6 cm³/mol. The quantitative estimate of drug-likeness (QED) is 0.898. The Bertz CT molecular complexity index is 558. The Balaban J connectivity index is 2.01. The van der Waals surface area contributed by atoms with Crippen molar-refractivity contribution in [2.45, 2.75) is 20.4 Å². The van der Waals surface area contributed by atoms with Gasteiger partial charge in [-0.05, 0) is 59.6 Å². The Kier molecular flexibility index (Phi) is 4.80. The molecule has 0 aliphatic rings. The van der Waals surface area contributed by atoms with Crippen molar-refractivity contribution in [3.05, 3.63) is 52.1 Å². The van der Waals surface area contributed by atoms with Crippen LogP contribution >= 0.6 is 15.9 Å². The number of ether oxygens (including phenoxy) is 1. The molecule has 0 saturated carbocycles. The lowest BCUT2D eigenvalue weighted by molar-refractivity contribution is 0.340. The molecule has 0 aliphatic carbocycles. The minimum absolute atomic E-state index is 0.685. The normalized spacial score (nSPS) is 10.3. The molecule has 0 bridgehead atoms. The van der Waals surface area contributed by atoms with Crippen LogP contribution in [-0.4, -0.2) is 11.6 Å². The summed E-state index contributed by atoms with van der Waals surface area (Å²) in [6.07, 6.45) is 0. The highest BCUT2D eigenvalue weighted by Crippen LogP contribution is 2.18. The third kappa shape index (κ3) is 3.96. The molecule has 1 aromatic carbocycles. The zero-order chi connectivity index (χ0) is 13.7. The lowest BCUT2D eigenvalue weighted by Crippen LogP contribution is -2.02. The monoisotopic (exact) mass is 320 g/mol. The molecule has 1 N–H and O–H groups in total. The van der Waals surface area contributed by atoms with E-state index in [0.717, 1.165) is 28.3 Å². The van der Waals surface area contributed by atoms with Crippen molar-refractivity contribution in [3.63, 3.8) is 0 Å². The molecule has 2 aromatic rings. The molecule has 19 heavy (non-hydrogen) atoms. The maximum absolute atomic E-state index is 5.48. The van der Waals surface area contributed by atoms with Gasteiger partial charge in [-0.25, -0.2) is 4.98 Å². The highest BCUT2D eigenvalue weighted by Gasteiger charge is 2.00. The van der Waals surface area contributed by atoms with E-state index in [1.165, 1.54) is 5.56 Å². The van der Waals surface area contributed by atoms with Crippen molar-refractivity contribution < 1.29 is 4.74 Å². The van der Waals surface area contributed by atoms with Gasteiger partial charge in [0.05, 0.1) is 12.3 Å². The summed E-state index contributed by atoms with van der Waals surface area (Å²) in [4.78, 5) is 4.46. The van der Waals surface area contributed by atoms with Gasteiger partial charge in [0.1, 0.15) is 11.6 Å². The number of hydrogen-bond donors (Lipinski definition) is 1. The van der Waals surface area contributed by atoms with E-state index >= 15 is 0 Å². The number of hydrogen-bond acceptors (Lipinski definition) is 3. The smallest absolute Gasteiger partial charge is 0.126 e. The van der Waals surface area contributed by atoms with Gasteiger partial charge in [0.2, 0.25) is 0 Å². The summed E-state index contributed by atoms with van der Waals surface area (Å²) in [5, 5.41) is 3.31. The van der Waals surface area contributed by atoms with Crippen LogP contribution in [0.3, 0.4) is 0 Å². The van der Waals surface area contributed by atoms with Crippen LogP contribution < -0.4 is 10.1 Å². The molecule has 2 rings (SSSR count). The number of halogens is 1. The number of rotatable bonds is 5. The number of benzene rings is 1. The van der Waals surface area contributed by atoms with Crippen LogP contribution in [0.1, 0.15) is 18.2 Å². The molecule has 3 nitrogen and oxygen atoms in total. The van der Waals surface area contributed by atoms with Crippen LogP contribution in [0.25, 0.3) is 0 Å². The molecule has 0 spiro atoms. The molecular formula is C15H17BrN2O. The lowest BCUT2D eigenvalue weighted by atomic mass is 10.2. The summed E-state index contributed by atoms with van der Waals surface area (Å²) in [5.41, 5.74) is 2.15. The van der Waals surface area contributed by atoms with Crippen molar-refractivity contribution in [2.24, 2.45) is 0 Å². The van der Waals surface area contributed by atoms with Gasteiger partial charge >= 0.3 is 0 Å². The Hall–Kier alpha value is -1.55. The van der Waals surface area contributed by atoms with Crippen molar-refractivity contribution in [2.75, 3.05) is 11.9 Å². The third-order valence-corrected chi connectivity index (χ3v) is 3.54. The zero-order valence-corrected chi connectivity index (χ0v) is 12.7. The first-order valence-electron chi connectivity index (χ1n) is 6.28. The van der Waals surface area contributed by atoms with E-state index in [9.17, 15) is 0 Å². The summed E-state index contributed by atoms with van der Waals surface area (Å²) in [5.74, 6) is 1.78. The van der Waals surface area contributed by atoms with Crippen LogP contribution in [0.2, 0.25) is 0 Å². The van der Waals surface area contributed by atoms with E-state index in [-0.39, 0.29) is 0 Å². The number of nitrogens with zero attached hydrogens (tertiary/aromatic N) is 1. The number of anilines is 1. The largest absolute Gasteiger partial charge is 0.494 e. The molecule has 0 fully saturated rings. The Morgan fingerprint density at radius 1 is 1.26 bits per heavy atom. The highest BCUT2D eigenvalue weighted by atomic mass is 79.9. The highest BCUT2D eigenvalue weighted by molar-refractivity contribution is 9.10. The minimum atomic E-state index is 0.685. The van der Waals surface area contributed by atoms with Gasteiger partial charge in [-0.3, -0.25) is 0 Å². The molecule has 0 amide bonds. The summed E-state index contributed by atoms with van der Waals surface area (Å²) in [6.45, 7) is 5.38. The van der Waals surface area contributed by atoms with E-state index in [1.807, 2.05) is 44.2 Å². The van der Waals surface area contributed by atoms with Crippen LogP contribution in [0.15, 0.2) is 40.9 Å². The molecule has 1 aromatic heterocycles. The average molecular weight is 321 g/mol. The molecule has 0 aliphatic heterocycles. The van der Waals surface area contributed by atoms with Crippen molar-refractivity contribution in [1.82, 2.24) is 4.98 Å². The average Bonchev–Trinajstić information content (AvgIpc) is 2.41. The number of pyridine rings is 1. The molecule has 0 saturated heterocycles. The molecule has 4 heteroatoms. The Morgan fingerprint density at radius 2 is 2.11 bits per heavy atom. The molecule has 1 heterocycles. The fourth-order valence-corrected chi connectivity index (χ4v) is 1.97. The SMILES string of the molecule is CCOc1cccc(CNc2ccc(Br)c(C)n2)c1. The topological polar surface area (TPSA) is 34.1 Å². The second kappa shape index (κ2) is 6.57. The first kappa shape index (κ1) is 13.9. The van der Waals surface area contributed by atoms with Crippen molar-refractivity contribution in [1.29, 1.82) is 0 Å². The molecule has 0 atom stereocenters. The van der Waals surface area contributed by atoms with Crippen molar-refractivity contribution >= 4 is 21.7 Å². The summed E-state index contributed by atoms with van der Waals surface area (Å²) in [7, 11) is 0. The van der Waals surface area contributed by atoms with E-state index in [0.29, 0.717) is 6.61 Å². The molecule has 0 radical (unpaired) electrons. The first-order valence-corrected chi connectivity index (χ1v) is 7.07. The van der Waals surface area contributed by atoms with Crippen LogP contribution in [-0.2, 0) is 6.54 Å². The maximum atomic E-state index is 5.48. The summed E-state index contributed by atoms with van der Waals surface area (Å²) < 4.78 is 6.51. The Labute approximate surface area is 122 Å². The number of aryl methyl sites for hydroxylation is 1. The third-order valence-electron chi connectivity index (χ3n) is 2.70. The summed E-state index contributed by atoms with van der Waals surface area (Å²) in [6, 6.07) is 12.0. The fraction of sp³-hybridized carbons (Fsp3) is 0.267. The van der Waals surface area contributed by atoms with Crippen molar-refractivity contribution in [3.8, 4) is 5.75 Å². The van der Waals surface area contributed by atoms with Gasteiger partial charge < -0.3 is 10.1 Å². The zero-order valence-electron chi connectivity index (χ0n) is 11.1. The maximum Gasteiger partial charge on any atom is 0.126 e. The van der Waals surface area contributed by atoms with E-state index < -0.39 is 0 Å². The van der Waals surface area contributed by atoms with Gasteiger partial charge in [0.15, 0.2) is 0 Å². The number of nitrogens with one attached hydrogen (secondary N) is 1. The van der Waals surface area contributed by atoms with Gasteiger partial charge in [0.25, 0.3) is 0 Å². The van der Waals surface area contributed by atoms with E-state index in [4.69, 9.17) is 4.74 Å². The van der Waals surface area contributed by atoms with Gasteiger partial charge in [-0.2, -0.15) is 0 Å².